The van der Waals surface area contributed by atoms with Crippen LogP contribution in [0.2, 0.25) is 5.02 Å². The van der Waals surface area contributed by atoms with Crippen molar-refractivity contribution in [3.05, 3.63) is 59.1 Å². The summed E-state index contributed by atoms with van der Waals surface area (Å²) in [4.78, 5) is 52.1. The Hall–Kier alpha value is -3.39. The van der Waals surface area contributed by atoms with Crippen LogP contribution in [0.15, 0.2) is 48.5 Å². The predicted octanol–water partition coefficient (Wildman–Crippen LogP) is 2.88. The summed E-state index contributed by atoms with van der Waals surface area (Å²) in [7, 11) is 0. The molecule has 1 fully saturated rings. The van der Waals surface area contributed by atoms with Crippen molar-refractivity contribution in [3.8, 4) is 5.75 Å². The molecule has 1 saturated heterocycles. The van der Waals surface area contributed by atoms with Gasteiger partial charge in [-0.05, 0) is 48.9 Å². The van der Waals surface area contributed by atoms with Gasteiger partial charge >= 0.3 is 0 Å². The molecule has 1 aliphatic heterocycles. The maximum atomic E-state index is 13.1. The number of hydrazine groups is 1. The van der Waals surface area contributed by atoms with Crippen molar-refractivity contribution in [2.24, 2.45) is 5.92 Å². The van der Waals surface area contributed by atoms with Gasteiger partial charge in [0, 0.05) is 10.9 Å². The van der Waals surface area contributed by atoms with Crippen LogP contribution in [0.4, 0.5) is 5.69 Å². The number of rotatable bonds is 6. The first-order valence-corrected chi connectivity index (χ1v) is 10.5. The third-order valence-electron chi connectivity index (χ3n) is 4.85. The number of carbonyl (C=O) groups excluding carboxylic acids is 4. The van der Waals surface area contributed by atoms with Crippen molar-refractivity contribution in [1.82, 2.24) is 10.4 Å². The third-order valence-corrected chi connectivity index (χ3v) is 5.11. The lowest BCUT2D eigenvalue weighted by molar-refractivity contribution is -0.150. The SMILES string of the molecule is Cc1cccc(N2C(=O)CC(N(NC(=O)COc3ccc(Cl)cc3)C(=O)C(C)C)C2=O)c1. The van der Waals surface area contributed by atoms with Crippen LogP contribution in [0.25, 0.3) is 0 Å². The predicted molar refractivity (Wildman–Crippen MR) is 119 cm³/mol. The van der Waals surface area contributed by atoms with Gasteiger partial charge in [0.2, 0.25) is 11.8 Å². The number of amides is 4. The van der Waals surface area contributed by atoms with Gasteiger partial charge in [-0.3, -0.25) is 24.6 Å². The highest BCUT2D eigenvalue weighted by Gasteiger charge is 2.45. The highest BCUT2D eigenvalue weighted by Crippen LogP contribution is 2.26. The second kappa shape index (κ2) is 9.82. The minimum absolute atomic E-state index is 0.233. The van der Waals surface area contributed by atoms with Crippen LogP contribution in [-0.4, -0.2) is 41.3 Å². The van der Waals surface area contributed by atoms with Crippen molar-refractivity contribution in [3.63, 3.8) is 0 Å². The number of halogens is 1. The first-order chi connectivity index (χ1) is 15.2. The summed E-state index contributed by atoms with van der Waals surface area (Å²) >= 11 is 5.83. The summed E-state index contributed by atoms with van der Waals surface area (Å²) < 4.78 is 5.41. The summed E-state index contributed by atoms with van der Waals surface area (Å²) in [5, 5.41) is 1.48. The second-order valence-corrected chi connectivity index (χ2v) is 8.20. The van der Waals surface area contributed by atoms with E-state index in [-0.39, 0.29) is 13.0 Å². The number of aryl methyl sites for hydroxylation is 1. The van der Waals surface area contributed by atoms with E-state index in [0.717, 1.165) is 15.5 Å². The summed E-state index contributed by atoms with van der Waals surface area (Å²) in [6.45, 7) is 4.75. The number of benzene rings is 2. The molecule has 1 unspecified atom stereocenters. The number of anilines is 1. The van der Waals surface area contributed by atoms with Crippen molar-refractivity contribution >= 4 is 40.9 Å². The number of nitrogens with zero attached hydrogens (tertiary/aromatic N) is 2. The summed E-state index contributed by atoms with van der Waals surface area (Å²) in [5.41, 5.74) is 3.76. The average molecular weight is 458 g/mol. The molecule has 0 radical (unpaired) electrons. The minimum Gasteiger partial charge on any atom is -0.484 e. The van der Waals surface area contributed by atoms with Crippen molar-refractivity contribution in [2.45, 2.75) is 33.2 Å². The number of hydrogen-bond acceptors (Lipinski definition) is 5. The van der Waals surface area contributed by atoms with Gasteiger partial charge in [0.1, 0.15) is 11.8 Å². The van der Waals surface area contributed by atoms with E-state index in [4.69, 9.17) is 16.3 Å². The Bertz CT molecular complexity index is 1040. The molecule has 0 spiro atoms. The fourth-order valence-electron chi connectivity index (χ4n) is 3.27. The van der Waals surface area contributed by atoms with E-state index in [1.54, 1.807) is 56.3 Å². The fourth-order valence-corrected chi connectivity index (χ4v) is 3.39. The molecule has 168 valence electrons. The Labute approximate surface area is 191 Å². The molecule has 0 saturated carbocycles. The van der Waals surface area contributed by atoms with E-state index in [1.807, 2.05) is 13.0 Å². The zero-order valence-electron chi connectivity index (χ0n) is 18.0. The van der Waals surface area contributed by atoms with Crippen LogP contribution in [0.5, 0.6) is 5.75 Å². The monoisotopic (exact) mass is 457 g/mol. The normalized spacial score (nSPS) is 15.8. The van der Waals surface area contributed by atoms with Crippen LogP contribution < -0.4 is 15.1 Å². The zero-order valence-corrected chi connectivity index (χ0v) is 18.8. The number of nitrogens with one attached hydrogen (secondary N) is 1. The summed E-state index contributed by atoms with van der Waals surface area (Å²) in [5.74, 6) is -2.23. The molecule has 4 amide bonds. The lowest BCUT2D eigenvalue weighted by Crippen LogP contribution is -2.56. The van der Waals surface area contributed by atoms with Crippen LogP contribution in [0.3, 0.4) is 0 Å². The van der Waals surface area contributed by atoms with Crippen LogP contribution in [0.1, 0.15) is 25.8 Å². The molecule has 32 heavy (non-hydrogen) atoms. The zero-order chi connectivity index (χ0) is 23.4. The molecule has 1 atom stereocenters. The number of imide groups is 1. The molecule has 3 rings (SSSR count). The lowest BCUT2D eigenvalue weighted by atomic mass is 10.1. The Balaban J connectivity index is 1.75. The number of hydrogen-bond donors (Lipinski definition) is 1. The minimum atomic E-state index is -1.14. The van der Waals surface area contributed by atoms with Gasteiger partial charge < -0.3 is 4.74 Å². The molecule has 8 nitrogen and oxygen atoms in total. The Morgan fingerprint density at radius 2 is 1.88 bits per heavy atom. The maximum absolute atomic E-state index is 13.1. The van der Waals surface area contributed by atoms with Crippen LogP contribution in [0, 0.1) is 12.8 Å². The molecular weight excluding hydrogens is 434 g/mol. The van der Waals surface area contributed by atoms with Crippen molar-refractivity contribution in [1.29, 1.82) is 0 Å². The molecule has 0 aromatic heterocycles. The topological polar surface area (TPSA) is 96.0 Å². The molecule has 9 heteroatoms. The number of ether oxygens (including phenoxy) is 1. The van der Waals surface area contributed by atoms with Gasteiger partial charge in [0.05, 0.1) is 12.1 Å². The van der Waals surface area contributed by atoms with Gasteiger partial charge in [-0.2, -0.15) is 0 Å². The van der Waals surface area contributed by atoms with Crippen molar-refractivity contribution < 1.29 is 23.9 Å². The van der Waals surface area contributed by atoms with Gasteiger partial charge in [-0.25, -0.2) is 9.91 Å². The largest absolute Gasteiger partial charge is 0.484 e. The van der Waals surface area contributed by atoms with E-state index in [0.29, 0.717) is 16.5 Å². The highest BCUT2D eigenvalue weighted by atomic mass is 35.5. The second-order valence-electron chi connectivity index (χ2n) is 7.77. The molecule has 1 N–H and O–H groups in total. The molecule has 2 aromatic carbocycles. The molecule has 1 heterocycles. The smallest absolute Gasteiger partial charge is 0.276 e. The van der Waals surface area contributed by atoms with Gasteiger partial charge in [-0.1, -0.05) is 37.6 Å². The maximum Gasteiger partial charge on any atom is 0.276 e. The average Bonchev–Trinajstić information content (AvgIpc) is 3.04. The van der Waals surface area contributed by atoms with E-state index in [1.165, 1.54) is 0 Å². The van der Waals surface area contributed by atoms with E-state index in [9.17, 15) is 19.2 Å². The molecule has 1 aliphatic rings. The van der Waals surface area contributed by atoms with Crippen LogP contribution >= 0.6 is 11.6 Å². The lowest BCUT2D eigenvalue weighted by Gasteiger charge is -2.29. The molecule has 2 aromatic rings. The van der Waals surface area contributed by atoms with Gasteiger partial charge in [0.15, 0.2) is 6.61 Å². The highest BCUT2D eigenvalue weighted by molar-refractivity contribution is 6.30. The Kier molecular flexibility index (Phi) is 7.15. The molecule has 0 bridgehead atoms. The standard InChI is InChI=1S/C23H24ClN3O5/c1-14(2)22(30)27(25-20(28)13-32-18-9-7-16(24)8-10-18)19-12-21(29)26(23(19)31)17-6-4-5-15(3)11-17/h4-11,14,19H,12-13H2,1-3H3,(H,25,28). The molecule has 0 aliphatic carbocycles. The van der Waals surface area contributed by atoms with Crippen molar-refractivity contribution in [2.75, 3.05) is 11.5 Å². The van der Waals surface area contributed by atoms with Gasteiger partial charge in [0.25, 0.3) is 11.8 Å². The molecular formula is C23H24ClN3O5. The van der Waals surface area contributed by atoms with E-state index in [2.05, 4.69) is 5.43 Å². The van der Waals surface area contributed by atoms with Gasteiger partial charge in [-0.15, -0.1) is 0 Å². The van der Waals surface area contributed by atoms with E-state index >= 15 is 0 Å². The fraction of sp³-hybridized carbons (Fsp3) is 0.304. The van der Waals surface area contributed by atoms with Crippen LogP contribution in [-0.2, 0) is 19.2 Å². The Morgan fingerprint density at radius 3 is 2.50 bits per heavy atom. The van der Waals surface area contributed by atoms with E-state index < -0.39 is 35.6 Å². The first kappa shape index (κ1) is 23.3. The Morgan fingerprint density at radius 1 is 1.19 bits per heavy atom. The quantitative estimate of drug-likeness (QED) is 0.531. The third kappa shape index (κ3) is 5.26. The number of carbonyl (C=O) groups is 4. The summed E-state index contributed by atoms with van der Waals surface area (Å²) in [6, 6.07) is 12.3. The summed E-state index contributed by atoms with van der Waals surface area (Å²) in [6.07, 6.45) is -0.233. The first-order valence-electron chi connectivity index (χ1n) is 10.1.